The number of aromatic nitrogens is 2. The van der Waals surface area contributed by atoms with Crippen molar-refractivity contribution in [2.45, 2.75) is 31.7 Å². The van der Waals surface area contributed by atoms with Crippen LogP contribution in [0, 0.1) is 0 Å². The summed E-state index contributed by atoms with van der Waals surface area (Å²) in [5.74, 6) is -0.872. The van der Waals surface area contributed by atoms with Crippen LogP contribution in [0.25, 0.3) is 34.2 Å². The maximum absolute atomic E-state index is 12.3. The smallest absolute Gasteiger partial charge is 0.331 e. The number of nitrogens with zero attached hydrogens (tertiary/aromatic N) is 2. The van der Waals surface area contributed by atoms with E-state index in [0.717, 1.165) is 42.3 Å². The third-order valence-corrected chi connectivity index (χ3v) is 6.11. The number of imide groups is 1. The molecule has 1 saturated carbocycles. The highest BCUT2D eigenvalue weighted by Crippen LogP contribution is 2.30. The molecular weight excluding hydrogens is 472 g/mol. The number of fused-ring (bicyclic) bond motifs is 1. The van der Waals surface area contributed by atoms with Gasteiger partial charge in [-0.15, -0.1) is 0 Å². The lowest BCUT2D eigenvalue weighted by Gasteiger charge is -2.12. The van der Waals surface area contributed by atoms with E-state index in [-0.39, 0.29) is 6.04 Å². The Morgan fingerprint density at radius 2 is 1.81 bits per heavy atom. The fourth-order valence-electron chi connectivity index (χ4n) is 4.31. The van der Waals surface area contributed by atoms with Gasteiger partial charge in [0.15, 0.2) is 12.4 Å². The number of para-hydroxylation sites is 2. The minimum atomic E-state index is -0.727. The third kappa shape index (κ3) is 5.95. The summed E-state index contributed by atoms with van der Waals surface area (Å²) in [5, 5.41) is 10.6. The van der Waals surface area contributed by atoms with E-state index in [0.29, 0.717) is 17.0 Å². The Kier molecular flexibility index (Phi) is 7.12. The summed E-state index contributed by atoms with van der Waals surface area (Å²) < 4.78 is 12.7. The summed E-state index contributed by atoms with van der Waals surface area (Å²) in [4.78, 5) is 36.2. The SMILES string of the molecule is O=C(COC(=O)C=Cc1cn(-c2ccccc2)nc1-c1cc2ccccc2o1)NC(=O)NC1CCCC1. The second-order valence-electron chi connectivity index (χ2n) is 8.81. The molecule has 1 aliphatic carbocycles. The molecule has 0 saturated heterocycles. The van der Waals surface area contributed by atoms with Crippen LogP contribution in [-0.4, -0.2) is 40.3 Å². The molecule has 0 radical (unpaired) electrons. The Balaban J connectivity index is 1.27. The van der Waals surface area contributed by atoms with E-state index in [4.69, 9.17) is 9.15 Å². The third-order valence-electron chi connectivity index (χ3n) is 6.11. The van der Waals surface area contributed by atoms with Gasteiger partial charge in [-0.25, -0.2) is 14.3 Å². The molecule has 0 unspecified atom stereocenters. The second kappa shape index (κ2) is 10.9. The summed E-state index contributed by atoms with van der Waals surface area (Å²) >= 11 is 0. The van der Waals surface area contributed by atoms with Crippen LogP contribution in [0.5, 0.6) is 0 Å². The van der Waals surface area contributed by atoms with Crippen molar-refractivity contribution < 1.29 is 23.5 Å². The Hall–Kier alpha value is -4.66. The van der Waals surface area contributed by atoms with Crippen molar-refractivity contribution in [1.82, 2.24) is 20.4 Å². The first-order valence-corrected chi connectivity index (χ1v) is 12.1. The van der Waals surface area contributed by atoms with Gasteiger partial charge in [0.1, 0.15) is 11.3 Å². The van der Waals surface area contributed by atoms with Crippen LogP contribution in [0.2, 0.25) is 0 Å². The lowest BCUT2D eigenvalue weighted by atomic mass is 10.2. The zero-order chi connectivity index (χ0) is 25.6. The highest BCUT2D eigenvalue weighted by atomic mass is 16.5. The Morgan fingerprint density at radius 1 is 1.05 bits per heavy atom. The lowest BCUT2D eigenvalue weighted by Crippen LogP contribution is -2.44. The van der Waals surface area contributed by atoms with E-state index in [1.54, 1.807) is 17.0 Å². The fourth-order valence-corrected chi connectivity index (χ4v) is 4.31. The minimum Gasteiger partial charge on any atom is -0.454 e. The molecule has 37 heavy (non-hydrogen) atoms. The molecule has 2 N–H and O–H groups in total. The molecule has 3 amide bonds. The quantitative estimate of drug-likeness (QED) is 0.284. The molecule has 1 aliphatic rings. The predicted octanol–water partition coefficient (Wildman–Crippen LogP) is 4.61. The lowest BCUT2D eigenvalue weighted by molar-refractivity contribution is -0.143. The highest BCUT2D eigenvalue weighted by molar-refractivity contribution is 5.96. The number of ether oxygens (including phenoxy) is 1. The molecule has 2 aromatic carbocycles. The largest absolute Gasteiger partial charge is 0.454 e. The number of rotatable bonds is 7. The number of carbonyl (C=O) groups is 3. The van der Waals surface area contributed by atoms with Crippen LogP contribution in [0.4, 0.5) is 4.79 Å². The zero-order valence-electron chi connectivity index (χ0n) is 20.1. The first-order valence-electron chi connectivity index (χ1n) is 12.1. The number of nitrogens with one attached hydrogen (secondary N) is 2. The van der Waals surface area contributed by atoms with Crippen molar-refractivity contribution in [2.75, 3.05) is 6.61 Å². The Morgan fingerprint density at radius 3 is 2.59 bits per heavy atom. The minimum absolute atomic E-state index is 0.0797. The number of carbonyl (C=O) groups excluding carboxylic acids is 3. The van der Waals surface area contributed by atoms with Crippen LogP contribution in [0.15, 0.2) is 77.4 Å². The van der Waals surface area contributed by atoms with Gasteiger partial charge >= 0.3 is 12.0 Å². The van der Waals surface area contributed by atoms with E-state index < -0.39 is 24.5 Å². The summed E-state index contributed by atoms with van der Waals surface area (Å²) in [7, 11) is 0. The number of benzene rings is 2. The van der Waals surface area contributed by atoms with Crippen LogP contribution < -0.4 is 10.6 Å². The molecule has 1 fully saturated rings. The average molecular weight is 499 g/mol. The Labute approximate surface area is 213 Å². The zero-order valence-corrected chi connectivity index (χ0v) is 20.1. The van der Waals surface area contributed by atoms with Crippen molar-refractivity contribution in [2.24, 2.45) is 0 Å². The summed E-state index contributed by atoms with van der Waals surface area (Å²) in [6.07, 6.45) is 8.47. The van der Waals surface area contributed by atoms with E-state index in [1.807, 2.05) is 60.7 Å². The number of esters is 1. The molecule has 9 nitrogen and oxygen atoms in total. The fraction of sp³-hybridized carbons (Fsp3) is 0.214. The number of furan rings is 1. The van der Waals surface area contributed by atoms with Crippen molar-refractivity contribution in [3.63, 3.8) is 0 Å². The Bertz CT molecular complexity index is 1410. The monoisotopic (exact) mass is 498 g/mol. The second-order valence-corrected chi connectivity index (χ2v) is 8.81. The first kappa shape index (κ1) is 24.1. The van der Waals surface area contributed by atoms with Crippen molar-refractivity contribution in [3.8, 4) is 17.1 Å². The van der Waals surface area contributed by atoms with Gasteiger partial charge in [0, 0.05) is 29.3 Å². The van der Waals surface area contributed by atoms with E-state index in [2.05, 4.69) is 15.7 Å². The van der Waals surface area contributed by atoms with Gasteiger partial charge in [0.25, 0.3) is 5.91 Å². The summed E-state index contributed by atoms with van der Waals surface area (Å²) in [6.45, 7) is -0.568. The van der Waals surface area contributed by atoms with Crippen LogP contribution in [-0.2, 0) is 14.3 Å². The van der Waals surface area contributed by atoms with Crippen LogP contribution in [0.3, 0.4) is 0 Å². The molecule has 5 rings (SSSR count). The molecule has 188 valence electrons. The summed E-state index contributed by atoms with van der Waals surface area (Å²) in [6, 6.07) is 18.6. The normalized spacial score (nSPS) is 13.7. The highest BCUT2D eigenvalue weighted by Gasteiger charge is 2.19. The number of hydrogen-bond donors (Lipinski definition) is 2. The van der Waals surface area contributed by atoms with Gasteiger partial charge in [-0.3, -0.25) is 10.1 Å². The molecule has 2 aromatic heterocycles. The van der Waals surface area contributed by atoms with Crippen molar-refractivity contribution in [1.29, 1.82) is 0 Å². The standard InChI is InChI=1S/C28H26N4O5/c33-25(30-28(35)29-21-9-5-6-10-21)18-36-26(34)15-14-20-17-32(22-11-2-1-3-12-22)31-27(20)24-16-19-8-4-7-13-23(19)37-24/h1-4,7-8,11-17,21H,5-6,9-10,18H2,(H2,29,30,33,35). The number of urea groups is 1. The average Bonchev–Trinajstić information content (AvgIpc) is 3.66. The first-order chi connectivity index (χ1) is 18.0. The molecule has 0 spiro atoms. The van der Waals surface area contributed by atoms with Crippen molar-refractivity contribution >= 4 is 35.0 Å². The van der Waals surface area contributed by atoms with E-state index in [9.17, 15) is 14.4 Å². The van der Waals surface area contributed by atoms with Gasteiger partial charge < -0.3 is 14.5 Å². The molecule has 4 aromatic rings. The molecule has 2 heterocycles. The molecular formula is C28H26N4O5. The van der Waals surface area contributed by atoms with Gasteiger partial charge in [0.05, 0.1) is 5.69 Å². The molecule has 9 heteroatoms. The molecule has 0 aliphatic heterocycles. The maximum Gasteiger partial charge on any atom is 0.331 e. The number of hydrogen-bond acceptors (Lipinski definition) is 6. The summed E-state index contributed by atoms with van der Waals surface area (Å²) in [5.41, 5.74) is 2.74. The van der Waals surface area contributed by atoms with Crippen LogP contribution >= 0.6 is 0 Å². The maximum atomic E-state index is 12.3. The van der Waals surface area contributed by atoms with Crippen LogP contribution in [0.1, 0.15) is 31.2 Å². The predicted molar refractivity (Wildman–Crippen MR) is 138 cm³/mol. The van der Waals surface area contributed by atoms with Gasteiger partial charge in [-0.05, 0) is 43.2 Å². The van der Waals surface area contributed by atoms with Gasteiger partial charge in [-0.1, -0.05) is 49.2 Å². The van der Waals surface area contributed by atoms with Gasteiger partial charge in [-0.2, -0.15) is 5.10 Å². The topological polar surface area (TPSA) is 115 Å². The van der Waals surface area contributed by atoms with E-state index in [1.165, 1.54) is 6.08 Å². The van der Waals surface area contributed by atoms with Crippen molar-refractivity contribution in [3.05, 3.63) is 78.5 Å². The van der Waals surface area contributed by atoms with E-state index >= 15 is 0 Å². The van der Waals surface area contributed by atoms with Gasteiger partial charge in [0.2, 0.25) is 0 Å². The molecule has 0 atom stereocenters. The number of amides is 3. The molecule has 0 bridgehead atoms.